The molecular formula is C62H73N11O11. The Labute approximate surface area is 486 Å². The van der Waals surface area contributed by atoms with Crippen molar-refractivity contribution < 1.29 is 53.2 Å². The summed E-state index contributed by atoms with van der Waals surface area (Å²) >= 11 is 0. The lowest BCUT2D eigenvalue weighted by Gasteiger charge is -2.30. The van der Waals surface area contributed by atoms with Crippen molar-refractivity contribution in [3.8, 4) is 11.1 Å². The van der Waals surface area contributed by atoms with Crippen LogP contribution in [0.1, 0.15) is 100 Å². The van der Waals surface area contributed by atoms with E-state index in [1.165, 1.54) is 12.5 Å². The van der Waals surface area contributed by atoms with Crippen LogP contribution in [0.25, 0.3) is 22.0 Å². The average molecular weight is 1150 g/mol. The Hall–Kier alpha value is -9.15. The van der Waals surface area contributed by atoms with Crippen LogP contribution >= 0.6 is 0 Å². The number of nitrogens with two attached hydrogens (primary N) is 1. The highest BCUT2D eigenvalue weighted by molar-refractivity contribution is 6.24. The summed E-state index contributed by atoms with van der Waals surface area (Å²) in [5, 5.41) is 32.7. The van der Waals surface area contributed by atoms with E-state index in [-0.39, 0.29) is 73.3 Å². The fraction of sp³-hybridized carbons (Fsp3) is 0.371. The predicted molar refractivity (Wildman–Crippen MR) is 314 cm³/mol. The molecule has 0 spiro atoms. The van der Waals surface area contributed by atoms with Gasteiger partial charge in [-0.1, -0.05) is 107 Å². The largest absolute Gasteiger partial charge is 0.511 e. The quantitative estimate of drug-likeness (QED) is 0.0127. The third-order valence-corrected chi connectivity index (χ3v) is 14.6. The summed E-state index contributed by atoms with van der Waals surface area (Å²) < 4.78 is 11.3. The smallest absolute Gasteiger partial charge is 0.426 e. The van der Waals surface area contributed by atoms with E-state index in [4.69, 9.17) is 20.2 Å². The first kappa shape index (κ1) is 60.9. The topological polar surface area (TPSA) is 333 Å². The number of esters is 1. The van der Waals surface area contributed by atoms with Gasteiger partial charge in [-0.2, -0.15) is 0 Å². The first-order valence-electron chi connectivity index (χ1n) is 28.1. The molecule has 2 aromatic heterocycles. The molecule has 0 saturated heterocycles. The lowest BCUT2D eigenvalue weighted by atomic mass is 9.75. The molecule has 6 amide bonds. The molecule has 12 N–H and O–H groups in total. The van der Waals surface area contributed by atoms with Crippen molar-refractivity contribution in [2.24, 2.45) is 22.1 Å². The molecule has 0 aliphatic heterocycles. The minimum Gasteiger partial charge on any atom is -0.511 e. The SMILES string of the molecule is CC(C)CC(=Nc1ccc(COC(=O)[C@H](CCCCN)NC(=O)[C@@H](CO)NC(=O)[C@H](Cc2cnc[nH]2)NC(=O)[C@@H](Cc2c[nH]c3ccccc23)NC(=O)NNC(=O)OCC2c3ccccc3-c3ccccc32)cc1)C1=C(O)CC(C)(C)CC1=O. The summed E-state index contributed by atoms with van der Waals surface area (Å²) in [6.07, 6.45) is 5.41. The lowest BCUT2D eigenvalue weighted by molar-refractivity contribution is -0.149. The van der Waals surface area contributed by atoms with E-state index >= 15 is 0 Å². The van der Waals surface area contributed by atoms with Gasteiger partial charge in [-0.3, -0.25) is 24.2 Å². The van der Waals surface area contributed by atoms with E-state index in [1.54, 1.807) is 30.5 Å². The Bertz CT molecular complexity index is 3340. The molecule has 84 heavy (non-hydrogen) atoms. The Balaban J connectivity index is 0.910. The number of hydrogen-bond donors (Lipinski definition) is 11. The van der Waals surface area contributed by atoms with Gasteiger partial charge in [-0.25, -0.2) is 30.2 Å². The maximum Gasteiger partial charge on any atom is 0.426 e. The van der Waals surface area contributed by atoms with Crippen LogP contribution in [0.3, 0.4) is 0 Å². The van der Waals surface area contributed by atoms with E-state index in [0.717, 1.165) is 33.2 Å². The fourth-order valence-electron chi connectivity index (χ4n) is 10.5. The number of ketones is 1. The van der Waals surface area contributed by atoms with Crippen LogP contribution in [-0.4, -0.2) is 116 Å². The number of Topliss-reactive ketones (excluding diaryl/α,β-unsaturated/α-hetero) is 1. The van der Waals surface area contributed by atoms with Crippen molar-refractivity contribution in [3.05, 3.63) is 155 Å². The van der Waals surface area contributed by atoms with Gasteiger partial charge in [-0.05, 0) is 95.1 Å². The van der Waals surface area contributed by atoms with Gasteiger partial charge in [0.2, 0.25) is 17.7 Å². The van der Waals surface area contributed by atoms with Crippen molar-refractivity contribution >= 4 is 63.9 Å². The highest BCUT2D eigenvalue weighted by atomic mass is 16.6. The van der Waals surface area contributed by atoms with Crippen LogP contribution in [0.15, 0.2) is 132 Å². The van der Waals surface area contributed by atoms with Gasteiger partial charge in [0.05, 0.1) is 29.9 Å². The predicted octanol–water partition coefficient (Wildman–Crippen LogP) is 6.44. The zero-order valence-electron chi connectivity index (χ0n) is 47.5. The van der Waals surface area contributed by atoms with Crippen LogP contribution < -0.4 is 37.9 Å². The number of aromatic nitrogens is 3. The number of para-hydroxylation sites is 1. The van der Waals surface area contributed by atoms with Crippen molar-refractivity contribution in [1.82, 2.24) is 47.1 Å². The lowest BCUT2D eigenvalue weighted by Crippen LogP contribution is -2.60. The van der Waals surface area contributed by atoms with Gasteiger partial charge >= 0.3 is 18.1 Å². The number of aromatic amines is 2. The van der Waals surface area contributed by atoms with E-state index in [9.17, 15) is 43.8 Å². The number of benzene rings is 4. The number of ether oxygens (including phenoxy) is 2. The minimum atomic E-state index is -1.62. The molecule has 22 nitrogen and oxygen atoms in total. The number of aliphatic imine (C=N–C) groups is 1. The Morgan fingerprint density at radius 3 is 2.06 bits per heavy atom. The first-order valence-corrected chi connectivity index (χ1v) is 28.1. The molecule has 442 valence electrons. The Kier molecular flexibility index (Phi) is 20.5. The number of aliphatic hydroxyl groups is 2. The number of allylic oxidation sites excluding steroid dienone is 2. The zero-order chi connectivity index (χ0) is 59.9. The standard InChI is InChI=1S/C62H73N11O11/c1-36(2)25-49(55-53(75)28-62(3,4)29-54(55)76)67-39-22-20-37(21-23-39)33-83-59(80)48(19-11-12-24-63)68-58(79)52(32-74)70-57(78)51(27-40-31-64-35-66-40)69-56(77)50(26-38-30-65-47-18-10-9-13-41(38)47)71-60(81)72-73-61(82)84-34-46-44-16-7-5-14-42(44)43-15-6-8-17-45(43)46/h5-10,13-18,20-23,30-31,35-36,46,48,50-52,65,74-75H,11-12,19,24-29,32-34,63H2,1-4H3,(H,64,66)(H,68,79)(H,69,77)(H,70,78)(H,73,82)(H2,71,72,81)/t48-,50+,51-,52+/m0/s1. The number of aliphatic hydroxyl groups excluding tert-OH is 2. The molecule has 4 aromatic carbocycles. The molecule has 2 aliphatic carbocycles. The summed E-state index contributed by atoms with van der Waals surface area (Å²) in [7, 11) is 0. The molecule has 0 bridgehead atoms. The molecule has 0 fully saturated rings. The molecule has 2 heterocycles. The maximum absolute atomic E-state index is 14.5. The molecule has 8 rings (SSSR count). The third kappa shape index (κ3) is 15.9. The molecule has 6 aromatic rings. The molecule has 2 aliphatic rings. The second-order valence-electron chi connectivity index (χ2n) is 22.3. The number of imidazole rings is 1. The van der Waals surface area contributed by atoms with Crippen LogP contribution in [0.5, 0.6) is 0 Å². The normalized spacial score (nSPS) is 15.3. The fourth-order valence-corrected chi connectivity index (χ4v) is 10.5. The summed E-state index contributed by atoms with van der Waals surface area (Å²) in [6.45, 7) is 7.07. The monoisotopic (exact) mass is 1150 g/mol. The maximum atomic E-state index is 14.5. The van der Waals surface area contributed by atoms with E-state index in [2.05, 4.69) is 47.1 Å². The van der Waals surface area contributed by atoms with E-state index < -0.39 is 66.6 Å². The van der Waals surface area contributed by atoms with Crippen LogP contribution in [0.2, 0.25) is 0 Å². The van der Waals surface area contributed by atoms with Crippen LogP contribution in [-0.2, 0) is 52.9 Å². The number of amides is 6. The second kappa shape index (κ2) is 28.2. The molecule has 0 unspecified atom stereocenters. The summed E-state index contributed by atoms with van der Waals surface area (Å²) in [6, 6.07) is 23.2. The van der Waals surface area contributed by atoms with Gasteiger partial charge in [0.1, 0.15) is 43.1 Å². The van der Waals surface area contributed by atoms with Crippen molar-refractivity contribution in [3.63, 3.8) is 0 Å². The molecule has 4 atom stereocenters. The minimum absolute atomic E-state index is 0.0263. The number of fused-ring (bicyclic) bond motifs is 4. The summed E-state index contributed by atoms with van der Waals surface area (Å²) in [5.74, 6) is -3.67. The van der Waals surface area contributed by atoms with Crippen molar-refractivity contribution in [1.29, 1.82) is 0 Å². The number of nitrogens with zero attached hydrogens (tertiary/aromatic N) is 2. The van der Waals surface area contributed by atoms with Crippen LogP contribution in [0.4, 0.5) is 15.3 Å². The summed E-state index contributed by atoms with van der Waals surface area (Å²) in [5.41, 5.74) is 17.6. The number of carbonyl (C=O) groups excluding carboxylic acids is 7. The Morgan fingerprint density at radius 2 is 1.40 bits per heavy atom. The molecule has 22 heteroatoms. The third-order valence-electron chi connectivity index (χ3n) is 14.6. The summed E-state index contributed by atoms with van der Waals surface area (Å²) in [4.78, 5) is 111. The van der Waals surface area contributed by atoms with E-state index in [0.29, 0.717) is 60.4 Å². The molecule has 0 radical (unpaired) electrons. The number of hydrogen-bond acceptors (Lipinski definition) is 14. The highest BCUT2D eigenvalue weighted by Gasteiger charge is 2.36. The first-order chi connectivity index (χ1) is 40.4. The number of rotatable bonds is 25. The van der Waals surface area contributed by atoms with Crippen molar-refractivity contribution in [2.75, 3.05) is 19.8 Å². The zero-order valence-corrected chi connectivity index (χ0v) is 47.5. The number of hydrazine groups is 1. The number of H-pyrrole nitrogens is 2. The average Bonchev–Trinajstić information content (AvgIpc) is 2.10. The number of carbonyl (C=O) groups is 7. The van der Waals surface area contributed by atoms with Gasteiger partial charge < -0.3 is 56.7 Å². The number of nitrogens with one attached hydrogen (secondary N) is 8. The number of unbranched alkanes of at least 4 members (excludes halogenated alkanes) is 1. The Morgan fingerprint density at radius 1 is 0.762 bits per heavy atom. The van der Waals surface area contributed by atoms with Crippen LogP contribution in [0, 0.1) is 11.3 Å². The van der Waals surface area contributed by atoms with Gasteiger partial charge in [-0.15, -0.1) is 0 Å². The van der Waals surface area contributed by atoms with Gasteiger partial charge in [0.15, 0.2) is 5.78 Å². The second-order valence-corrected chi connectivity index (χ2v) is 22.3. The number of urea groups is 1. The highest BCUT2D eigenvalue weighted by Crippen LogP contribution is 2.44. The molecular weight excluding hydrogens is 1070 g/mol. The van der Waals surface area contributed by atoms with Gasteiger partial charge in [0, 0.05) is 60.6 Å². The van der Waals surface area contributed by atoms with Crippen molar-refractivity contribution in [2.45, 2.75) is 116 Å². The van der Waals surface area contributed by atoms with E-state index in [1.807, 2.05) is 100 Å². The molecule has 0 saturated carbocycles. The van der Waals surface area contributed by atoms with Gasteiger partial charge in [0.25, 0.3) is 0 Å².